The minimum absolute atomic E-state index is 0.00196. The standard InChI is InChI=1S/C17H23N3O4.CH2O2/c1-23-11-16(21)20-6-4-15-12(9-20)7-13(10-24-15)17(22)19-14-3-2-5-18-8-14;2-1-3/h2-3,5,8,12-13,15H,4,6-7,9-11H2,1H3,(H,19,22);1H,(H,2,3)/t12-,13-,15+;/m0./s1. The predicted octanol–water partition coefficient (Wildman–Crippen LogP) is 0.621. The number of pyridine rings is 1. The molecule has 1 aromatic rings. The molecule has 1 aromatic heterocycles. The maximum absolute atomic E-state index is 12.4. The zero-order chi connectivity index (χ0) is 19.6. The average Bonchev–Trinajstić information content (AvgIpc) is 2.68. The van der Waals surface area contributed by atoms with Crippen molar-refractivity contribution in [1.82, 2.24) is 9.88 Å². The van der Waals surface area contributed by atoms with E-state index in [1.807, 2.05) is 11.0 Å². The van der Waals surface area contributed by atoms with Gasteiger partial charge in [0.1, 0.15) is 6.61 Å². The number of likely N-dealkylation sites (tertiary alicyclic amines) is 1. The number of piperidine rings is 1. The van der Waals surface area contributed by atoms with Crippen molar-refractivity contribution in [3.8, 4) is 0 Å². The monoisotopic (exact) mass is 379 g/mol. The molecule has 2 saturated heterocycles. The van der Waals surface area contributed by atoms with Gasteiger partial charge < -0.3 is 24.8 Å². The van der Waals surface area contributed by atoms with Crippen molar-refractivity contribution in [2.24, 2.45) is 11.8 Å². The van der Waals surface area contributed by atoms with Crippen LogP contribution in [-0.2, 0) is 23.9 Å². The highest BCUT2D eigenvalue weighted by Crippen LogP contribution is 2.32. The third kappa shape index (κ3) is 6.00. The molecular formula is C18H25N3O6. The number of amides is 2. The van der Waals surface area contributed by atoms with E-state index in [9.17, 15) is 9.59 Å². The summed E-state index contributed by atoms with van der Waals surface area (Å²) in [6.07, 6.45) is 4.97. The second-order valence-corrected chi connectivity index (χ2v) is 6.46. The molecule has 0 aromatic carbocycles. The molecule has 2 fully saturated rings. The molecule has 0 radical (unpaired) electrons. The van der Waals surface area contributed by atoms with Crippen LogP contribution in [0.5, 0.6) is 0 Å². The van der Waals surface area contributed by atoms with E-state index in [0.717, 1.165) is 12.8 Å². The molecule has 0 saturated carbocycles. The van der Waals surface area contributed by atoms with Gasteiger partial charge in [-0.3, -0.25) is 19.4 Å². The molecule has 3 atom stereocenters. The first-order valence-corrected chi connectivity index (χ1v) is 8.76. The Morgan fingerprint density at radius 2 is 2.30 bits per heavy atom. The maximum atomic E-state index is 12.4. The van der Waals surface area contributed by atoms with Crippen LogP contribution in [0.2, 0.25) is 0 Å². The van der Waals surface area contributed by atoms with Crippen LogP contribution in [0.3, 0.4) is 0 Å². The molecule has 2 N–H and O–H groups in total. The number of carboxylic acid groups (broad SMARTS) is 1. The first-order chi connectivity index (χ1) is 13.1. The topological polar surface area (TPSA) is 118 Å². The van der Waals surface area contributed by atoms with E-state index in [2.05, 4.69) is 10.3 Å². The number of rotatable bonds is 4. The van der Waals surface area contributed by atoms with E-state index >= 15 is 0 Å². The quantitative estimate of drug-likeness (QED) is 0.736. The van der Waals surface area contributed by atoms with Gasteiger partial charge >= 0.3 is 0 Å². The summed E-state index contributed by atoms with van der Waals surface area (Å²) in [5, 5.41) is 9.77. The lowest BCUT2D eigenvalue weighted by molar-refractivity contribution is -0.147. The van der Waals surface area contributed by atoms with Crippen molar-refractivity contribution in [1.29, 1.82) is 0 Å². The Balaban J connectivity index is 0.000000817. The molecule has 2 amide bonds. The highest BCUT2D eigenvalue weighted by molar-refractivity contribution is 5.92. The van der Waals surface area contributed by atoms with Crippen molar-refractivity contribution < 1.29 is 29.0 Å². The Morgan fingerprint density at radius 1 is 1.52 bits per heavy atom. The Hall–Kier alpha value is -2.52. The van der Waals surface area contributed by atoms with Gasteiger partial charge in [-0.05, 0) is 25.0 Å². The maximum Gasteiger partial charge on any atom is 0.290 e. The van der Waals surface area contributed by atoms with Crippen LogP contribution < -0.4 is 5.32 Å². The SMILES string of the molecule is COCC(=O)N1CC[C@H]2OC[C@@H](C(=O)Nc3cccnc3)C[C@H]2C1.O=CO. The van der Waals surface area contributed by atoms with Gasteiger partial charge in [-0.1, -0.05) is 0 Å². The van der Waals surface area contributed by atoms with Crippen molar-refractivity contribution in [3.63, 3.8) is 0 Å². The van der Waals surface area contributed by atoms with E-state index in [4.69, 9.17) is 19.4 Å². The summed E-state index contributed by atoms with van der Waals surface area (Å²) in [5.74, 6) is -0.0680. The summed E-state index contributed by atoms with van der Waals surface area (Å²) in [4.78, 5) is 38.6. The smallest absolute Gasteiger partial charge is 0.290 e. The van der Waals surface area contributed by atoms with E-state index < -0.39 is 0 Å². The van der Waals surface area contributed by atoms with Gasteiger partial charge in [0.25, 0.3) is 6.47 Å². The second-order valence-electron chi connectivity index (χ2n) is 6.46. The lowest BCUT2D eigenvalue weighted by Gasteiger charge is -2.43. The molecule has 9 heteroatoms. The van der Waals surface area contributed by atoms with Crippen LogP contribution in [0.4, 0.5) is 5.69 Å². The van der Waals surface area contributed by atoms with E-state index in [0.29, 0.717) is 25.4 Å². The van der Waals surface area contributed by atoms with Gasteiger partial charge in [0.05, 0.1) is 30.5 Å². The summed E-state index contributed by atoms with van der Waals surface area (Å²) in [6.45, 7) is 1.60. The van der Waals surface area contributed by atoms with E-state index in [1.165, 1.54) is 7.11 Å². The van der Waals surface area contributed by atoms with Crippen molar-refractivity contribution in [2.45, 2.75) is 18.9 Å². The van der Waals surface area contributed by atoms with Gasteiger partial charge in [-0.15, -0.1) is 0 Å². The Morgan fingerprint density at radius 3 is 2.96 bits per heavy atom. The minimum Gasteiger partial charge on any atom is -0.483 e. The number of nitrogens with zero attached hydrogens (tertiary/aromatic N) is 2. The third-order valence-electron chi connectivity index (χ3n) is 4.68. The predicted molar refractivity (Wildman–Crippen MR) is 96.0 cm³/mol. The number of aromatic nitrogens is 1. The molecule has 27 heavy (non-hydrogen) atoms. The highest BCUT2D eigenvalue weighted by Gasteiger charge is 2.39. The number of carbonyl (C=O) groups excluding carboxylic acids is 2. The van der Waals surface area contributed by atoms with Crippen molar-refractivity contribution in [2.75, 3.05) is 38.7 Å². The number of fused-ring (bicyclic) bond motifs is 1. The Kier molecular flexibility index (Phi) is 8.15. The normalized spacial score (nSPS) is 24.0. The van der Waals surface area contributed by atoms with Crippen molar-refractivity contribution in [3.05, 3.63) is 24.5 Å². The number of methoxy groups -OCH3 is 1. The number of nitrogens with one attached hydrogen (secondary N) is 1. The summed E-state index contributed by atoms with van der Waals surface area (Å²) >= 11 is 0. The third-order valence-corrected chi connectivity index (χ3v) is 4.68. The fourth-order valence-corrected chi connectivity index (χ4v) is 3.43. The number of ether oxygens (including phenoxy) is 2. The molecule has 148 valence electrons. The molecule has 2 aliphatic rings. The summed E-state index contributed by atoms with van der Waals surface area (Å²) < 4.78 is 10.8. The Labute approximate surface area is 157 Å². The zero-order valence-electron chi connectivity index (χ0n) is 15.2. The zero-order valence-corrected chi connectivity index (χ0v) is 15.2. The van der Waals surface area contributed by atoms with Crippen LogP contribution in [0.1, 0.15) is 12.8 Å². The molecule has 0 bridgehead atoms. The molecule has 9 nitrogen and oxygen atoms in total. The summed E-state index contributed by atoms with van der Waals surface area (Å²) in [7, 11) is 1.52. The molecule has 3 heterocycles. The average molecular weight is 379 g/mol. The fourth-order valence-electron chi connectivity index (χ4n) is 3.43. The molecule has 2 aliphatic heterocycles. The molecular weight excluding hydrogens is 354 g/mol. The summed E-state index contributed by atoms with van der Waals surface area (Å²) in [5.41, 5.74) is 0.685. The Bertz CT molecular complexity index is 627. The van der Waals surface area contributed by atoms with Crippen LogP contribution in [0.25, 0.3) is 0 Å². The fraction of sp³-hybridized carbons (Fsp3) is 0.556. The second kappa shape index (κ2) is 10.6. The van der Waals surface area contributed by atoms with Gasteiger partial charge in [0.15, 0.2) is 0 Å². The molecule has 3 rings (SSSR count). The highest BCUT2D eigenvalue weighted by atomic mass is 16.5. The molecule has 0 spiro atoms. The van der Waals surface area contributed by atoms with Gasteiger partial charge in [0, 0.05) is 32.3 Å². The van der Waals surface area contributed by atoms with E-state index in [-0.39, 0.29) is 42.8 Å². The lowest BCUT2D eigenvalue weighted by atomic mass is 9.83. The van der Waals surface area contributed by atoms with Gasteiger partial charge in [-0.25, -0.2) is 0 Å². The van der Waals surface area contributed by atoms with Crippen LogP contribution in [-0.4, -0.2) is 72.8 Å². The number of carbonyl (C=O) groups is 3. The molecule has 0 unspecified atom stereocenters. The lowest BCUT2D eigenvalue weighted by Crippen LogP contribution is -2.52. The van der Waals surface area contributed by atoms with E-state index in [1.54, 1.807) is 18.5 Å². The largest absolute Gasteiger partial charge is 0.483 e. The number of anilines is 1. The van der Waals surface area contributed by atoms with Crippen LogP contribution >= 0.6 is 0 Å². The van der Waals surface area contributed by atoms with Crippen LogP contribution in [0.15, 0.2) is 24.5 Å². The number of hydrogen-bond acceptors (Lipinski definition) is 6. The molecule has 0 aliphatic carbocycles. The first-order valence-electron chi connectivity index (χ1n) is 8.76. The van der Waals surface area contributed by atoms with Crippen molar-refractivity contribution >= 4 is 24.0 Å². The minimum atomic E-state index is -0.250. The van der Waals surface area contributed by atoms with Gasteiger partial charge in [-0.2, -0.15) is 0 Å². The van der Waals surface area contributed by atoms with Crippen LogP contribution in [0, 0.1) is 11.8 Å². The number of hydrogen-bond donors (Lipinski definition) is 2. The first kappa shape index (κ1) is 20.8. The summed E-state index contributed by atoms with van der Waals surface area (Å²) in [6, 6.07) is 3.59. The van der Waals surface area contributed by atoms with Gasteiger partial charge in [0.2, 0.25) is 11.8 Å².